The molecule has 0 aliphatic rings. The van der Waals surface area contributed by atoms with Crippen LogP contribution in [0.1, 0.15) is 105 Å². The Labute approximate surface area is 163 Å². The van der Waals surface area contributed by atoms with Crippen LogP contribution < -0.4 is 0 Å². The van der Waals surface area contributed by atoms with Crippen molar-refractivity contribution >= 4 is 8.80 Å². The average Bonchev–Trinajstić information content (AvgIpc) is 2.61. The van der Waals surface area contributed by atoms with E-state index in [-0.39, 0.29) is 12.8 Å². The molecule has 0 spiro atoms. The Bertz CT molecular complexity index is 286. The first-order valence-corrected chi connectivity index (χ1v) is 13.1. The maximum Gasteiger partial charge on any atom is 0.501 e. The second-order valence-corrected chi connectivity index (χ2v) is 9.92. The van der Waals surface area contributed by atoms with Gasteiger partial charge >= 0.3 is 8.80 Å². The lowest BCUT2D eigenvalue weighted by molar-refractivity contribution is 0.0342. The molecular weight excluding hydrogens is 347 g/mol. The van der Waals surface area contributed by atoms with Crippen LogP contribution in [0.15, 0.2) is 0 Å². The standard InChI is InChI=1S/C21H45FO3Si/c1-5-8-9-10-11-12-15-18-21(4)25-26(23-6-2,24-7-3)20-17-14-13-16-19-22/h21H,5-20H2,1-4H3. The molecule has 0 saturated heterocycles. The van der Waals surface area contributed by atoms with E-state index in [9.17, 15) is 4.39 Å². The number of halogens is 1. The van der Waals surface area contributed by atoms with E-state index in [2.05, 4.69) is 13.8 Å². The van der Waals surface area contributed by atoms with Crippen molar-refractivity contribution in [1.29, 1.82) is 0 Å². The summed E-state index contributed by atoms with van der Waals surface area (Å²) in [6.07, 6.45) is 14.1. The Kier molecular flexibility index (Phi) is 18.4. The summed E-state index contributed by atoms with van der Waals surface area (Å²) >= 11 is 0. The van der Waals surface area contributed by atoms with Crippen LogP contribution in [0.4, 0.5) is 4.39 Å². The van der Waals surface area contributed by atoms with Crippen LogP contribution in [0.5, 0.6) is 0 Å². The molecule has 0 bridgehead atoms. The van der Waals surface area contributed by atoms with Crippen LogP contribution in [0, 0.1) is 0 Å². The van der Waals surface area contributed by atoms with Gasteiger partial charge in [0.1, 0.15) is 0 Å². The van der Waals surface area contributed by atoms with Crippen molar-refractivity contribution in [1.82, 2.24) is 0 Å². The fraction of sp³-hybridized carbons (Fsp3) is 1.00. The van der Waals surface area contributed by atoms with Gasteiger partial charge in [-0.1, -0.05) is 64.7 Å². The Morgan fingerprint density at radius 1 is 0.731 bits per heavy atom. The van der Waals surface area contributed by atoms with Gasteiger partial charge in [-0.05, 0) is 40.0 Å². The van der Waals surface area contributed by atoms with E-state index in [4.69, 9.17) is 13.3 Å². The van der Waals surface area contributed by atoms with Crippen molar-refractivity contribution in [3.8, 4) is 0 Å². The Balaban J connectivity index is 4.23. The number of rotatable bonds is 20. The van der Waals surface area contributed by atoms with Gasteiger partial charge in [0, 0.05) is 25.4 Å². The maximum absolute atomic E-state index is 12.2. The van der Waals surface area contributed by atoms with Crippen molar-refractivity contribution in [2.45, 2.75) is 117 Å². The van der Waals surface area contributed by atoms with E-state index in [0.717, 1.165) is 31.7 Å². The zero-order chi connectivity index (χ0) is 19.5. The molecule has 5 heteroatoms. The fourth-order valence-corrected chi connectivity index (χ4v) is 6.22. The SMILES string of the molecule is CCCCCCCCCC(C)O[Si](CCCCCCF)(OCC)OCC. The zero-order valence-corrected chi connectivity index (χ0v) is 19.0. The molecule has 26 heavy (non-hydrogen) atoms. The predicted molar refractivity (Wildman–Crippen MR) is 111 cm³/mol. The molecular formula is C21H45FO3Si. The molecule has 0 aliphatic heterocycles. The molecule has 0 aliphatic carbocycles. The highest BCUT2D eigenvalue weighted by Crippen LogP contribution is 2.24. The van der Waals surface area contributed by atoms with Gasteiger partial charge in [-0.2, -0.15) is 0 Å². The normalized spacial score (nSPS) is 13.3. The van der Waals surface area contributed by atoms with Gasteiger partial charge in [0.15, 0.2) is 0 Å². The average molecular weight is 393 g/mol. The highest BCUT2D eigenvalue weighted by molar-refractivity contribution is 6.60. The summed E-state index contributed by atoms with van der Waals surface area (Å²) in [4.78, 5) is 0. The second kappa shape index (κ2) is 18.4. The molecule has 0 saturated carbocycles. The van der Waals surface area contributed by atoms with Crippen molar-refractivity contribution in [3.63, 3.8) is 0 Å². The number of unbranched alkanes of at least 4 members (excludes halogenated alkanes) is 9. The molecule has 158 valence electrons. The van der Waals surface area contributed by atoms with Crippen LogP contribution >= 0.6 is 0 Å². The molecule has 0 heterocycles. The number of alkyl halides is 1. The van der Waals surface area contributed by atoms with E-state index in [0.29, 0.717) is 19.6 Å². The van der Waals surface area contributed by atoms with Crippen LogP contribution in [0.2, 0.25) is 6.04 Å². The van der Waals surface area contributed by atoms with Gasteiger partial charge in [-0.3, -0.25) is 4.39 Å². The van der Waals surface area contributed by atoms with E-state index in [1.54, 1.807) is 0 Å². The second-order valence-electron chi connectivity index (χ2n) is 7.24. The first-order valence-electron chi connectivity index (χ1n) is 11.2. The molecule has 3 nitrogen and oxygen atoms in total. The third-order valence-corrected chi connectivity index (χ3v) is 7.87. The predicted octanol–water partition coefficient (Wildman–Crippen LogP) is 7.07. The summed E-state index contributed by atoms with van der Waals surface area (Å²) < 4.78 is 30.7. The van der Waals surface area contributed by atoms with Gasteiger partial charge in [0.25, 0.3) is 0 Å². The van der Waals surface area contributed by atoms with E-state index in [1.165, 1.54) is 44.9 Å². The molecule has 1 atom stereocenters. The summed E-state index contributed by atoms with van der Waals surface area (Å²) in [7, 11) is -2.60. The van der Waals surface area contributed by atoms with Gasteiger partial charge in [0.2, 0.25) is 0 Å². The minimum absolute atomic E-state index is 0.182. The number of hydrogen-bond donors (Lipinski definition) is 0. The first kappa shape index (κ1) is 26.0. The molecule has 0 aromatic rings. The third-order valence-electron chi connectivity index (χ3n) is 4.69. The van der Waals surface area contributed by atoms with Gasteiger partial charge in [-0.15, -0.1) is 0 Å². The summed E-state index contributed by atoms with van der Waals surface area (Å²) in [5.41, 5.74) is 0. The third kappa shape index (κ3) is 14.1. The highest BCUT2D eigenvalue weighted by atomic mass is 28.4. The van der Waals surface area contributed by atoms with Crippen LogP contribution in [-0.2, 0) is 13.3 Å². The smallest absolute Gasteiger partial charge is 0.374 e. The zero-order valence-electron chi connectivity index (χ0n) is 18.0. The van der Waals surface area contributed by atoms with E-state index < -0.39 is 8.80 Å². The maximum atomic E-state index is 12.2. The summed E-state index contributed by atoms with van der Waals surface area (Å²) in [5.74, 6) is 0. The molecule has 0 amide bonds. The fourth-order valence-electron chi connectivity index (χ4n) is 3.30. The quantitative estimate of drug-likeness (QED) is 0.164. The Hall–Kier alpha value is 0.0269. The molecule has 0 aromatic heterocycles. The molecule has 0 N–H and O–H groups in total. The van der Waals surface area contributed by atoms with Gasteiger partial charge in [-0.25, -0.2) is 0 Å². The molecule has 0 fully saturated rings. The van der Waals surface area contributed by atoms with Crippen molar-refractivity contribution in [2.75, 3.05) is 19.9 Å². The lowest BCUT2D eigenvalue weighted by Crippen LogP contribution is -2.48. The summed E-state index contributed by atoms with van der Waals surface area (Å²) in [6, 6.07) is 0.850. The minimum atomic E-state index is -2.60. The van der Waals surface area contributed by atoms with Gasteiger partial charge < -0.3 is 13.3 Å². The van der Waals surface area contributed by atoms with Crippen molar-refractivity contribution < 1.29 is 17.7 Å². The molecule has 0 radical (unpaired) electrons. The summed E-state index contributed by atoms with van der Waals surface area (Å²) in [6.45, 7) is 9.46. The first-order chi connectivity index (χ1) is 12.6. The Morgan fingerprint density at radius 2 is 1.27 bits per heavy atom. The van der Waals surface area contributed by atoms with Crippen LogP contribution in [-0.4, -0.2) is 34.8 Å². The van der Waals surface area contributed by atoms with Crippen LogP contribution in [0.3, 0.4) is 0 Å². The monoisotopic (exact) mass is 392 g/mol. The van der Waals surface area contributed by atoms with Gasteiger partial charge in [0.05, 0.1) is 6.67 Å². The Morgan fingerprint density at radius 3 is 1.85 bits per heavy atom. The summed E-state index contributed by atoms with van der Waals surface area (Å²) in [5, 5.41) is 0. The van der Waals surface area contributed by atoms with E-state index >= 15 is 0 Å². The molecule has 0 aromatic carbocycles. The van der Waals surface area contributed by atoms with Crippen LogP contribution in [0.25, 0.3) is 0 Å². The van der Waals surface area contributed by atoms with Crippen molar-refractivity contribution in [2.24, 2.45) is 0 Å². The minimum Gasteiger partial charge on any atom is -0.374 e. The van der Waals surface area contributed by atoms with Crippen molar-refractivity contribution in [3.05, 3.63) is 0 Å². The molecule has 0 rings (SSSR count). The highest BCUT2D eigenvalue weighted by Gasteiger charge is 2.41. The topological polar surface area (TPSA) is 27.7 Å². The lowest BCUT2D eigenvalue weighted by Gasteiger charge is -2.32. The largest absolute Gasteiger partial charge is 0.501 e. The molecule has 1 unspecified atom stereocenters. The lowest BCUT2D eigenvalue weighted by atomic mass is 10.1. The van der Waals surface area contributed by atoms with E-state index in [1.807, 2.05) is 13.8 Å². The number of hydrogen-bond acceptors (Lipinski definition) is 3.